The predicted molar refractivity (Wildman–Crippen MR) is 128 cm³/mol. The van der Waals surface area contributed by atoms with E-state index in [1.54, 1.807) is 17.9 Å². The Bertz CT molecular complexity index is 1410. The van der Waals surface area contributed by atoms with E-state index in [-0.39, 0.29) is 36.7 Å². The smallest absolute Gasteiger partial charge is 0.372 e. The lowest BCUT2D eigenvalue weighted by atomic mass is 10.0. The van der Waals surface area contributed by atoms with Crippen molar-refractivity contribution in [1.82, 2.24) is 20.2 Å². The fraction of sp³-hybridized carbons (Fsp3) is 0.400. The highest BCUT2D eigenvalue weighted by Crippen LogP contribution is 2.36. The zero-order valence-electron chi connectivity index (χ0n) is 20.0. The van der Waals surface area contributed by atoms with E-state index in [1.165, 1.54) is 18.2 Å². The molecule has 37 heavy (non-hydrogen) atoms. The number of rotatable bonds is 5. The van der Waals surface area contributed by atoms with Crippen molar-refractivity contribution < 1.29 is 27.1 Å². The van der Waals surface area contributed by atoms with E-state index in [4.69, 9.17) is 4.74 Å². The second-order valence-corrected chi connectivity index (χ2v) is 9.09. The molecule has 12 heteroatoms. The molecule has 2 aromatic heterocycles. The number of ether oxygens (including phenoxy) is 1. The van der Waals surface area contributed by atoms with E-state index in [0.29, 0.717) is 60.3 Å². The van der Waals surface area contributed by atoms with Crippen molar-refractivity contribution in [3.05, 3.63) is 68.5 Å². The maximum atomic E-state index is 15.0. The number of hydrogen-bond acceptors (Lipinski definition) is 6. The van der Waals surface area contributed by atoms with E-state index in [1.807, 2.05) is 4.90 Å². The van der Waals surface area contributed by atoms with Crippen molar-refractivity contribution in [3.8, 4) is 0 Å². The van der Waals surface area contributed by atoms with Gasteiger partial charge in [-0.25, -0.2) is 9.37 Å². The van der Waals surface area contributed by atoms with Crippen LogP contribution in [0.1, 0.15) is 39.8 Å². The summed E-state index contributed by atoms with van der Waals surface area (Å²) in [5.74, 6) is -1.11. The Hall–Kier alpha value is -3.51. The van der Waals surface area contributed by atoms with Gasteiger partial charge in [-0.2, -0.15) is 13.2 Å². The standard InChI is InChI=1S/C25H25F4N5O3/c1-2-30-24(36)18-3-4-20(22(31-18)25(27,28)29)34-7-5-33(6-8-34)11-14-9-17(26)21-15-12-37-13-16(15)23(35)32-19(21)10-14/h3-4,9-10H,2,5-8,11-13H2,1H3,(H,30,36)(H,32,35). The lowest BCUT2D eigenvalue weighted by molar-refractivity contribution is -0.140. The number of carbonyl (C=O) groups is 1. The van der Waals surface area contributed by atoms with Crippen LogP contribution in [-0.4, -0.2) is 53.5 Å². The summed E-state index contributed by atoms with van der Waals surface area (Å²) in [6.07, 6.45) is -4.72. The zero-order valence-corrected chi connectivity index (χ0v) is 20.0. The van der Waals surface area contributed by atoms with E-state index in [2.05, 4.69) is 15.3 Å². The summed E-state index contributed by atoms with van der Waals surface area (Å²) in [5.41, 5.74) is 0.313. The van der Waals surface area contributed by atoms with Crippen molar-refractivity contribution in [1.29, 1.82) is 0 Å². The topological polar surface area (TPSA) is 90.6 Å². The minimum atomic E-state index is -4.72. The van der Waals surface area contributed by atoms with Gasteiger partial charge >= 0.3 is 6.18 Å². The third-order valence-electron chi connectivity index (χ3n) is 6.66. The quantitative estimate of drug-likeness (QED) is 0.504. The Morgan fingerprint density at radius 1 is 1.14 bits per heavy atom. The summed E-state index contributed by atoms with van der Waals surface area (Å²) in [5, 5.41) is 2.81. The Labute approximate surface area is 209 Å². The van der Waals surface area contributed by atoms with Crippen LogP contribution in [0.15, 0.2) is 29.1 Å². The predicted octanol–water partition coefficient (Wildman–Crippen LogP) is 3.18. The number of anilines is 1. The molecule has 1 saturated heterocycles. The molecule has 0 radical (unpaired) electrons. The molecule has 0 atom stereocenters. The fourth-order valence-electron chi connectivity index (χ4n) is 4.91. The number of hydrogen-bond donors (Lipinski definition) is 2. The lowest BCUT2D eigenvalue weighted by Crippen LogP contribution is -2.46. The number of H-pyrrole nitrogens is 1. The number of piperazine rings is 1. The van der Waals surface area contributed by atoms with Crippen molar-refractivity contribution in [2.24, 2.45) is 0 Å². The van der Waals surface area contributed by atoms with E-state index >= 15 is 4.39 Å². The molecule has 1 amide bonds. The number of carbonyl (C=O) groups excluding carboxylic acids is 1. The van der Waals surface area contributed by atoms with Crippen molar-refractivity contribution >= 4 is 22.5 Å². The van der Waals surface area contributed by atoms with Crippen LogP contribution in [-0.2, 0) is 30.7 Å². The summed E-state index contributed by atoms with van der Waals surface area (Å²) in [6, 6.07) is 5.74. The van der Waals surface area contributed by atoms with E-state index in [9.17, 15) is 22.8 Å². The molecule has 4 heterocycles. The highest BCUT2D eigenvalue weighted by Gasteiger charge is 2.38. The summed E-state index contributed by atoms with van der Waals surface area (Å²) in [7, 11) is 0. The van der Waals surface area contributed by atoms with Crippen LogP contribution >= 0.6 is 0 Å². The van der Waals surface area contributed by atoms with Gasteiger partial charge < -0.3 is 19.9 Å². The van der Waals surface area contributed by atoms with E-state index < -0.39 is 23.6 Å². The Morgan fingerprint density at radius 2 is 1.86 bits per heavy atom. The molecule has 0 spiro atoms. The van der Waals surface area contributed by atoms with Crippen LogP contribution in [0, 0.1) is 5.82 Å². The maximum Gasteiger partial charge on any atom is 0.435 e. The molecule has 5 rings (SSSR count). The van der Waals surface area contributed by atoms with Crippen LogP contribution < -0.4 is 15.8 Å². The molecule has 1 aromatic carbocycles. The van der Waals surface area contributed by atoms with Crippen molar-refractivity contribution in [3.63, 3.8) is 0 Å². The third kappa shape index (κ3) is 4.90. The molecule has 196 valence electrons. The van der Waals surface area contributed by atoms with Gasteiger partial charge in [0.15, 0.2) is 5.69 Å². The van der Waals surface area contributed by atoms with Gasteiger partial charge in [-0.3, -0.25) is 14.5 Å². The second kappa shape index (κ2) is 9.75. The average molecular weight is 519 g/mol. The molecular weight excluding hydrogens is 494 g/mol. The van der Waals surface area contributed by atoms with Gasteiger partial charge in [-0.05, 0) is 36.8 Å². The maximum absolute atomic E-state index is 15.0. The number of halogens is 4. The summed E-state index contributed by atoms with van der Waals surface area (Å²) < 4.78 is 61.7. The van der Waals surface area contributed by atoms with Crippen molar-refractivity contribution in [2.75, 3.05) is 37.6 Å². The first-order chi connectivity index (χ1) is 17.7. The summed E-state index contributed by atoms with van der Waals surface area (Å²) in [6.45, 7) is 4.12. The Kier molecular flexibility index (Phi) is 6.63. The van der Waals surface area contributed by atoms with E-state index in [0.717, 1.165) is 0 Å². The van der Waals surface area contributed by atoms with Crippen LogP contribution in [0.25, 0.3) is 10.9 Å². The van der Waals surface area contributed by atoms with Crippen LogP contribution in [0.3, 0.4) is 0 Å². The first-order valence-corrected chi connectivity index (χ1v) is 11.9. The van der Waals surface area contributed by atoms with Gasteiger partial charge in [0.05, 0.1) is 24.4 Å². The molecule has 1 fully saturated rings. The molecule has 0 unspecified atom stereocenters. The second-order valence-electron chi connectivity index (χ2n) is 9.09. The summed E-state index contributed by atoms with van der Waals surface area (Å²) in [4.78, 5) is 34.3. The number of nitrogens with one attached hydrogen (secondary N) is 2. The fourth-order valence-corrected chi connectivity index (χ4v) is 4.91. The Balaban J connectivity index is 1.32. The number of nitrogens with zero attached hydrogens (tertiary/aromatic N) is 3. The monoisotopic (exact) mass is 519 g/mol. The van der Waals surface area contributed by atoms with Crippen LogP contribution in [0.4, 0.5) is 23.2 Å². The third-order valence-corrected chi connectivity index (χ3v) is 6.66. The number of aromatic amines is 1. The minimum Gasteiger partial charge on any atom is -0.372 e. The first-order valence-electron chi connectivity index (χ1n) is 11.9. The molecule has 2 aliphatic rings. The highest BCUT2D eigenvalue weighted by molar-refractivity contribution is 5.92. The molecule has 0 bridgehead atoms. The number of pyridine rings is 2. The Morgan fingerprint density at radius 3 is 2.57 bits per heavy atom. The van der Waals surface area contributed by atoms with Gasteiger partial charge in [-0.15, -0.1) is 0 Å². The molecule has 2 aliphatic heterocycles. The highest BCUT2D eigenvalue weighted by atomic mass is 19.4. The average Bonchev–Trinajstić information content (AvgIpc) is 3.34. The van der Waals surface area contributed by atoms with Gasteiger partial charge in [0.2, 0.25) is 0 Å². The van der Waals surface area contributed by atoms with Gasteiger partial charge in [0.1, 0.15) is 11.5 Å². The number of benzene rings is 1. The van der Waals surface area contributed by atoms with Crippen LogP contribution in [0.5, 0.6) is 0 Å². The lowest BCUT2D eigenvalue weighted by Gasteiger charge is -2.37. The van der Waals surface area contributed by atoms with Crippen LogP contribution in [0.2, 0.25) is 0 Å². The molecule has 0 aliphatic carbocycles. The molecule has 2 N–H and O–H groups in total. The van der Waals surface area contributed by atoms with Gasteiger partial charge in [-0.1, -0.05) is 0 Å². The number of alkyl halides is 3. The first kappa shape index (κ1) is 25.2. The number of amides is 1. The molecule has 3 aromatic rings. The SMILES string of the molecule is CCNC(=O)c1ccc(N2CCN(Cc3cc(F)c4c5c(c(=O)[nH]c4c3)COC5)CC2)c(C(F)(F)F)n1. The van der Waals surface area contributed by atoms with Gasteiger partial charge in [0, 0.05) is 55.8 Å². The summed E-state index contributed by atoms with van der Waals surface area (Å²) >= 11 is 0. The zero-order chi connectivity index (χ0) is 26.3. The number of aromatic nitrogens is 2. The molecular formula is C25H25F4N5O3. The minimum absolute atomic E-state index is 0.0782. The number of fused-ring (bicyclic) bond motifs is 3. The normalized spacial score (nSPS) is 16.3. The largest absolute Gasteiger partial charge is 0.435 e. The van der Waals surface area contributed by atoms with Crippen molar-refractivity contribution in [2.45, 2.75) is 32.9 Å². The molecule has 8 nitrogen and oxygen atoms in total. The van der Waals surface area contributed by atoms with Gasteiger partial charge in [0.25, 0.3) is 11.5 Å². The molecule has 0 saturated carbocycles.